The van der Waals surface area contributed by atoms with E-state index >= 15 is 0 Å². The van der Waals surface area contributed by atoms with E-state index in [2.05, 4.69) is 30.4 Å². The highest BCUT2D eigenvalue weighted by Gasteiger charge is 2.27. The molecule has 0 spiro atoms. The standard InChI is InChI=1S/C12H11N7O2/c20-12(19-4-2-7-9(5-19)14-6-13-7)11-18-17-10(21-11)8-1-3-15-16-8/h1,3,6H,2,4-5H2,(H,13,14)(H,15,16). The SMILES string of the molecule is O=C(c1nnc(-c2ccn[nH]2)o1)N1CCc2nc[nH]c2C1. The summed E-state index contributed by atoms with van der Waals surface area (Å²) >= 11 is 0. The number of carbonyl (C=O) groups is 1. The second kappa shape index (κ2) is 4.54. The molecule has 1 aliphatic heterocycles. The van der Waals surface area contributed by atoms with E-state index in [1.165, 1.54) is 0 Å². The van der Waals surface area contributed by atoms with Crippen LogP contribution >= 0.6 is 0 Å². The Hall–Kier alpha value is -2.97. The predicted molar refractivity (Wildman–Crippen MR) is 68.9 cm³/mol. The fraction of sp³-hybridized carbons (Fsp3) is 0.250. The van der Waals surface area contributed by atoms with Crippen LogP contribution in [-0.4, -0.2) is 47.7 Å². The number of H-pyrrole nitrogens is 2. The molecule has 0 radical (unpaired) electrons. The van der Waals surface area contributed by atoms with E-state index in [9.17, 15) is 4.79 Å². The summed E-state index contributed by atoms with van der Waals surface area (Å²) in [6.07, 6.45) is 3.93. The highest BCUT2D eigenvalue weighted by Crippen LogP contribution is 2.19. The molecule has 21 heavy (non-hydrogen) atoms. The number of rotatable bonds is 2. The van der Waals surface area contributed by atoms with E-state index in [0.29, 0.717) is 25.2 Å². The fourth-order valence-corrected chi connectivity index (χ4v) is 2.31. The van der Waals surface area contributed by atoms with Gasteiger partial charge in [0.25, 0.3) is 5.89 Å². The van der Waals surface area contributed by atoms with Gasteiger partial charge >= 0.3 is 11.8 Å². The van der Waals surface area contributed by atoms with E-state index in [-0.39, 0.29) is 17.7 Å². The van der Waals surface area contributed by atoms with Gasteiger partial charge in [-0.3, -0.25) is 9.89 Å². The van der Waals surface area contributed by atoms with Crippen LogP contribution in [0.1, 0.15) is 22.1 Å². The number of amides is 1. The average molecular weight is 285 g/mol. The van der Waals surface area contributed by atoms with Crippen molar-refractivity contribution in [2.75, 3.05) is 6.54 Å². The van der Waals surface area contributed by atoms with Gasteiger partial charge in [-0.15, -0.1) is 10.2 Å². The summed E-state index contributed by atoms with van der Waals surface area (Å²) in [6, 6.07) is 1.69. The zero-order valence-corrected chi connectivity index (χ0v) is 10.9. The lowest BCUT2D eigenvalue weighted by Crippen LogP contribution is -2.36. The molecule has 0 atom stereocenters. The molecular weight excluding hydrogens is 274 g/mol. The van der Waals surface area contributed by atoms with Crippen LogP contribution in [0.4, 0.5) is 0 Å². The van der Waals surface area contributed by atoms with Crippen LogP contribution in [0, 0.1) is 0 Å². The maximum Gasteiger partial charge on any atom is 0.311 e. The normalized spacial score (nSPS) is 14.2. The summed E-state index contributed by atoms with van der Waals surface area (Å²) in [5.41, 5.74) is 2.53. The van der Waals surface area contributed by atoms with Crippen molar-refractivity contribution in [1.29, 1.82) is 0 Å². The molecule has 106 valence electrons. The molecule has 0 saturated carbocycles. The van der Waals surface area contributed by atoms with E-state index < -0.39 is 0 Å². The Morgan fingerprint density at radius 1 is 1.38 bits per heavy atom. The molecule has 0 fully saturated rings. The Morgan fingerprint density at radius 3 is 3.19 bits per heavy atom. The van der Waals surface area contributed by atoms with Gasteiger partial charge in [0.1, 0.15) is 5.69 Å². The maximum absolute atomic E-state index is 12.4. The van der Waals surface area contributed by atoms with E-state index in [4.69, 9.17) is 4.42 Å². The predicted octanol–water partition coefficient (Wildman–Crippen LogP) is 0.381. The topological polar surface area (TPSA) is 117 Å². The molecule has 0 bridgehead atoms. The smallest absolute Gasteiger partial charge is 0.311 e. The molecule has 0 saturated heterocycles. The highest BCUT2D eigenvalue weighted by molar-refractivity contribution is 5.89. The van der Waals surface area contributed by atoms with Crippen LogP contribution in [0.5, 0.6) is 0 Å². The maximum atomic E-state index is 12.4. The Bertz CT molecular complexity index is 773. The molecule has 0 aromatic carbocycles. The molecule has 9 nitrogen and oxygen atoms in total. The highest BCUT2D eigenvalue weighted by atomic mass is 16.4. The van der Waals surface area contributed by atoms with Crippen LogP contribution < -0.4 is 0 Å². The van der Waals surface area contributed by atoms with Crippen LogP contribution in [0.25, 0.3) is 11.6 Å². The summed E-state index contributed by atoms with van der Waals surface area (Å²) in [5, 5.41) is 14.2. The molecule has 0 aliphatic carbocycles. The van der Waals surface area contributed by atoms with Gasteiger partial charge in [-0.1, -0.05) is 0 Å². The van der Waals surface area contributed by atoms with Crippen molar-refractivity contribution in [2.45, 2.75) is 13.0 Å². The van der Waals surface area contributed by atoms with Gasteiger partial charge in [0.15, 0.2) is 0 Å². The van der Waals surface area contributed by atoms with E-state index in [1.807, 2.05) is 0 Å². The van der Waals surface area contributed by atoms with Crippen molar-refractivity contribution in [2.24, 2.45) is 0 Å². The van der Waals surface area contributed by atoms with Crippen molar-refractivity contribution >= 4 is 5.91 Å². The number of hydrogen-bond donors (Lipinski definition) is 2. The van der Waals surface area contributed by atoms with Crippen molar-refractivity contribution in [3.63, 3.8) is 0 Å². The van der Waals surface area contributed by atoms with E-state index in [1.54, 1.807) is 23.5 Å². The largest absolute Gasteiger partial charge is 0.411 e. The Morgan fingerprint density at radius 2 is 2.33 bits per heavy atom. The first-order chi connectivity index (χ1) is 10.3. The van der Waals surface area contributed by atoms with Gasteiger partial charge in [0.2, 0.25) is 0 Å². The summed E-state index contributed by atoms with van der Waals surface area (Å²) < 4.78 is 5.40. The molecule has 9 heteroatoms. The molecule has 4 heterocycles. The number of carbonyl (C=O) groups excluding carboxylic acids is 1. The van der Waals surface area contributed by atoms with Gasteiger partial charge in [-0.25, -0.2) is 4.98 Å². The van der Waals surface area contributed by atoms with Crippen LogP contribution in [-0.2, 0) is 13.0 Å². The van der Waals surface area contributed by atoms with Gasteiger partial charge < -0.3 is 14.3 Å². The van der Waals surface area contributed by atoms with Gasteiger partial charge in [-0.2, -0.15) is 5.10 Å². The Labute approximate surface area is 118 Å². The molecular formula is C12H11N7O2. The van der Waals surface area contributed by atoms with Gasteiger partial charge in [0, 0.05) is 19.2 Å². The Balaban J connectivity index is 1.56. The lowest BCUT2D eigenvalue weighted by Gasteiger charge is -2.24. The van der Waals surface area contributed by atoms with Crippen molar-refractivity contribution in [3.8, 4) is 11.6 Å². The second-order valence-electron chi connectivity index (χ2n) is 4.69. The van der Waals surface area contributed by atoms with Crippen molar-refractivity contribution in [1.82, 2.24) is 35.3 Å². The van der Waals surface area contributed by atoms with Crippen LogP contribution in [0.15, 0.2) is 23.0 Å². The molecule has 4 rings (SSSR count). The van der Waals surface area contributed by atoms with E-state index in [0.717, 1.165) is 11.4 Å². The molecule has 1 amide bonds. The first kappa shape index (κ1) is 11.8. The number of hydrogen-bond acceptors (Lipinski definition) is 6. The quantitative estimate of drug-likeness (QED) is 0.703. The fourth-order valence-electron chi connectivity index (χ4n) is 2.31. The van der Waals surface area contributed by atoms with Crippen LogP contribution in [0.2, 0.25) is 0 Å². The minimum Gasteiger partial charge on any atom is -0.411 e. The molecule has 3 aromatic rings. The average Bonchev–Trinajstić information content (AvgIpc) is 3.24. The van der Waals surface area contributed by atoms with Crippen LogP contribution in [0.3, 0.4) is 0 Å². The second-order valence-corrected chi connectivity index (χ2v) is 4.69. The number of nitrogens with one attached hydrogen (secondary N) is 2. The lowest BCUT2D eigenvalue weighted by molar-refractivity contribution is 0.0692. The van der Waals surface area contributed by atoms with Gasteiger partial charge in [-0.05, 0) is 6.07 Å². The molecule has 0 unspecified atom stereocenters. The van der Waals surface area contributed by atoms with Crippen molar-refractivity contribution < 1.29 is 9.21 Å². The summed E-state index contributed by atoms with van der Waals surface area (Å²) in [6.45, 7) is 1.05. The number of imidazole rings is 1. The molecule has 2 N–H and O–H groups in total. The Kier molecular flexibility index (Phi) is 2.56. The number of fused-ring (bicyclic) bond motifs is 1. The zero-order valence-electron chi connectivity index (χ0n) is 10.9. The summed E-state index contributed by atoms with van der Waals surface area (Å²) in [5.74, 6) is -0.0637. The first-order valence-electron chi connectivity index (χ1n) is 6.45. The zero-order chi connectivity index (χ0) is 14.2. The van der Waals surface area contributed by atoms with Crippen molar-refractivity contribution in [3.05, 3.63) is 35.9 Å². The minimum absolute atomic E-state index is 0.0254. The summed E-state index contributed by atoms with van der Waals surface area (Å²) in [4.78, 5) is 21.3. The van der Waals surface area contributed by atoms with Gasteiger partial charge in [0.05, 0.1) is 24.3 Å². The first-order valence-corrected chi connectivity index (χ1v) is 6.45. The number of aromatic nitrogens is 6. The monoisotopic (exact) mass is 285 g/mol. The lowest BCUT2D eigenvalue weighted by atomic mass is 10.1. The third-order valence-electron chi connectivity index (χ3n) is 3.40. The summed E-state index contributed by atoms with van der Waals surface area (Å²) in [7, 11) is 0. The number of aromatic amines is 2. The number of nitrogens with zero attached hydrogens (tertiary/aromatic N) is 5. The third kappa shape index (κ3) is 1.98. The molecule has 1 aliphatic rings. The third-order valence-corrected chi connectivity index (χ3v) is 3.40. The molecule has 3 aromatic heterocycles. The minimum atomic E-state index is -0.284.